The van der Waals surface area contributed by atoms with Crippen molar-refractivity contribution in [2.75, 3.05) is 6.61 Å². The van der Waals surface area contributed by atoms with Crippen molar-refractivity contribution < 1.29 is 13.9 Å². The summed E-state index contributed by atoms with van der Waals surface area (Å²) in [6.45, 7) is 3.83. The summed E-state index contributed by atoms with van der Waals surface area (Å²) >= 11 is 6.38. The molecule has 3 aromatic carbocycles. The smallest absolute Gasteiger partial charge is 0.258 e. The van der Waals surface area contributed by atoms with Crippen LogP contribution >= 0.6 is 11.6 Å². The van der Waals surface area contributed by atoms with Gasteiger partial charge in [-0.3, -0.25) is 9.59 Å². The van der Waals surface area contributed by atoms with Crippen molar-refractivity contribution in [1.29, 1.82) is 0 Å². The topological polar surface area (TPSA) is 68.5 Å². The number of amides is 1. The predicted molar refractivity (Wildman–Crippen MR) is 126 cm³/mol. The number of ether oxygens (including phenoxy) is 1. The summed E-state index contributed by atoms with van der Waals surface area (Å²) in [6, 6.07) is 20.3. The van der Waals surface area contributed by atoms with E-state index < -0.39 is 0 Å². The van der Waals surface area contributed by atoms with Crippen LogP contribution in [0.1, 0.15) is 16.7 Å². The van der Waals surface area contributed by atoms with Gasteiger partial charge in [0.25, 0.3) is 5.91 Å². The van der Waals surface area contributed by atoms with E-state index in [1.54, 1.807) is 30.3 Å². The number of carbonyl (C=O) groups is 1. The molecule has 6 heteroatoms. The van der Waals surface area contributed by atoms with E-state index in [4.69, 9.17) is 20.8 Å². The molecule has 0 aliphatic rings. The third kappa shape index (κ3) is 4.53. The average molecular weight is 448 g/mol. The molecule has 0 spiro atoms. The van der Waals surface area contributed by atoms with Gasteiger partial charge >= 0.3 is 0 Å². The molecule has 0 aliphatic heterocycles. The molecule has 4 aromatic rings. The second-order valence-electron chi connectivity index (χ2n) is 7.58. The summed E-state index contributed by atoms with van der Waals surface area (Å²) in [5, 5.41) is 3.61. The summed E-state index contributed by atoms with van der Waals surface area (Å²) in [5.41, 5.74) is 3.37. The predicted octanol–water partition coefficient (Wildman–Crippen LogP) is 5.43. The molecule has 0 unspecified atom stereocenters. The number of aryl methyl sites for hydroxylation is 2. The molecule has 0 radical (unpaired) electrons. The number of rotatable bonds is 6. The highest BCUT2D eigenvalue weighted by molar-refractivity contribution is 6.33. The third-order valence-electron chi connectivity index (χ3n) is 5.08. The first-order chi connectivity index (χ1) is 15.4. The Hall–Kier alpha value is -3.57. The Labute approximate surface area is 190 Å². The van der Waals surface area contributed by atoms with Crippen molar-refractivity contribution in [3.63, 3.8) is 0 Å². The van der Waals surface area contributed by atoms with E-state index in [0.29, 0.717) is 28.1 Å². The molecule has 4 rings (SSSR count). The van der Waals surface area contributed by atoms with E-state index in [2.05, 4.69) is 5.32 Å². The molecule has 0 saturated carbocycles. The van der Waals surface area contributed by atoms with Crippen LogP contribution in [0, 0.1) is 13.8 Å². The molecular formula is C26H22ClNO4. The second-order valence-corrected chi connectivity index (χ2v) is 7.99. The summed E-state index contributed by atoms with van der Waals surface area (Å²) < 4.78 is 11.9. The number of benzene rings is 3. The van der Waals surface area contributed by atoms with Crippen LogP contribution in [0.15, 0.2) is 75.9 Å². The first-order valence-corrected chi connectivity index (χ1v) is 10.6. The van der Waals surface area contributed by atoms with Gasteiger partial charge < -0.3 is 14.5 Å². The number of fused-ring (bicyclic) bond motifs is 1. The molecule has 0 aliphatic carbocycles. The van der Waals surface area contributed by atoms with Crippen LogP contribution in [0.25, 0.3) is 22.3 Å². The van der Waals surface area contributed by atoms with Crippen LogP contribution in [-0.2, 0) is 11.3 Å². The zero-order valence-electron chi connectivity index (χ0n) is 17.8. The number of carbonyl (C=O) groups excluding carboxylic acids is 1. The fourth-order valence-electron chi connectivity index (χ4n) is 3.57. The molecule has 1 aromatic heterocycles. The van der Waals surface area contributed by atoms with E-state index in [-0.39, 0.29) is 29.5 Å². The SMILES string of the molecule is Cc1cc(C)c2oc(-c3ccccc3Cl)c(OCC(=O)NCc3ccccc3)c(=O)c2c1. The van der Waals surface area contributed by atoms with Gasteiger partial charge in [-0.25, -0.2) is 0 Å². The minimum Gasteiger partial charge on any atom is -0.476 e. The largest absolute Gasteiger partial charge is 0.476 e. The molecule has 1 amide bonds. The Morgan fingerprint density at radius 2 is 1.75 bits per heavy atom. The van der Waals surface area contributed by atoms with Crippen molar-refractivity contribution in [2.24, 2.45) is 0 Å². The van der Waals surface area contributed by atoms with E-state index in [1.165, 1.54) is 0 Å². The molecule has 1 N–H and O–H groups in total. The highest BCUT2D eigenvalue weighted by Crippen LogP contribution is 2.36. The lowest BCUT2D eigenvalue weighted by atomic mass is 10.1. The minimum atomic E-state index is -0.348. The summed E-state index contributed by atoms with van der Waals surface area (Å²) in [5.74, 6) is -0.180. The van der Waals surface area contributed by atoms with Crippen molar-refractivity contribution >= 4 is 28.5 Å². The van der Waals surface area contributed by atoms with Crippen LogP contribution in [0.2, 0.25) is 5.02 Å². The van der Waals surface area contributed by atoms with E-state index >= 15 is 0 Å². The van der Waals surface area contributed by atoms with E-state index in [1.807, 2.05) is 50.2 Å². The highest BCUT2D eigenvalue weighted by Gasteiger charge is 2.21. The van der Waals surface area contributed by atoms with Gasteiger partial charge in [0.15, 0.2) is 12.4 Å². The van der Waals surface area contributed by atoms with Crippen LogP contribution in [0.5, 0.6) is 5.75 Å². The Balaban J connectivity index is 1.69. The number of hydrogen-bond acceptors (Lipinski definition) is 4. The van der Waals surface area contributed by atoms with E-state index in [0.717, 1.165) is 16.7 Å². The Bertz CT molecular complexity index is 1350. The van der Waals surface area contributed by atoms with Gasteiger partial charge in [0, 0.05) is 12.1 Å². The molecule has 162 valence electrons. The maximum absolute atomic E-state index is 13.4. The summed E-state index contributed by atoms with van der Waals surface area (Å²) in [7, 11) is 0. The maximum atomic E-state index is 13.4. The molecule has 1 heterocycles. The standard InChI is InChI=1S/C26H22ClNO4/c1-16-12-17(2)24-20(13-16)23(30)26(25(32-24)19-10-6-7-11-21(19)27)31-15-22(29)28-14-18-8-4-3-5-9-18/h3-13H,14-15H2,1-2H3,(H,28,29). The molecule has 32 heavy (non-hydrogen) atoms. The molecule has 5 nitrogen and oxygen atoms in total. The maximum Gasteiger partial charge on any atom is 0.258 e. The van der Waals surface area contributed by atoms with Gasteiger partial charge in [0.2, 0.25) is 11.2 Å². The molecular weight excluding hydrogens is 426 g/mol. The molecule has 0 bridgehead atoms. The van der Waals surface area contributed by atoms with Gasteiger partial charge in [-0.05, 0) is 48.7 Å². The van der Waals surface area contributed by atoms with Crippen LogP contribution in [-0.4, -0.2) is 12.5 Å². The Kier molecular flexibility index (Phi) is 6.28. The van der Waals surface area contributed by atoms with Gasteiger partial charge in [-0.2, -0.15) is 0 Å². The normalized spacial score (nSPS) is 10.8. The highest BCUT2D eigenvalue weighted by atomic mass is 35.5. The lowest BCUT2D eigenvalue weighted by molar-refractivity contribution is -0.123. The number of halogens is 1. The zero-order chi connectivity index (χ0) is 22.7. The molecule has 0 atom stereocenters. The molecule has 0 fully saturated rings. The monoisotopic (exact) mass is 447 g/mol. The Morgan fingerprint density at radius 3 is 2.50 bits per heavy atom. The zero-order valence-corrected chi connectivity index (χ0v) is 18.5. The fraction of sp³-hybridized carbons (Fsp3) is 0.154. The minimum absolute atomic E-state index is 0.0366. The van der Waals surface area contributed by atoms with Crippen LogP contribution < -0.4 is 15.5 Å². The van der Waals surface area contributed by atoms with Crippen molar-refractivity contribution in [2.45, 2.75) is 20.4 Å². The quantitative estimate of drug-likeness (QED) is 0.428. The third-order valence-corrected chi connectivity index (χ3v) is 5.41. The van der Waals surface area contributed by atoms with Gasteiger partial charge in [-0.15, -0.1) is 0 Å². The van der Waals surface area contributed by atoms with E-state index in [9.17, 15) is 9.59 Å². The first kappa shape index (κ1) is 21.7. The lowest BCUT2D eigenvalue weighted by Gasteiger charge is -2.14. The second kappa shape index (κ2) is 9.28. The summed E-state index contributed by atoms with van der Waals surface area (Å²) in [6.07, 6.45) is 0. The van der Waals surface area contributed by atoms with Crippen molar-refractivity contribution in [3.8, 4) is 17.1 Å². The van der Waals surface area contributed by atoms with Gasteiger partial charge in [0.05, 0.1) is 10.4 Å². The van der Waals surface area contributed by atoms with Gasteiger partial charge in [0.1, 0.15) is 5.58 Å². The van der Waals surface area contributed by atoms with Crippen LogP contribution in [0.4, 0.5) is 0 Å². The first-order valence-electron chi connectivity index (χ1n) is 10.2. The van der Waals surface area contributed by atoms with Gasteiger partial charge in [-0.1, -0.05) is 60.1 Å². The van der Waals surface area contributed by atoms with Crippen molar-refractivity contribution in [3.05, 3.63) is 98.7 Å². The number of nitrogens with one attached hydrogen (secondary N) is 1. The Morgan fingerprint density at radius 1 is 1.03 bits per heavy atom. The summed E-state index contributed by atoms with van der Waals surface area (Å²) in [4.78, 5) is 25.8. The lowest BCUT2D eigenvalue weighted by Crippen LogP contribution is -2.29. The average Bonchev–Trinajstić information content (AvgIpc) is 2.78. The van der Waals surface area contributed by atoms with Crippen molar-refractivity contribution in [1.82, 2.24) is 5.32 Å². The van der Waals surface area contributed by atoms with Crippen LogP contribution in [0.3, 0.4) is 0 Å². The number of hydrogen-bond donors (Lipinski definition) is 1. The fourth-order valence-corrected chi connectivity index (χ4v) is 3.79. The molecule has 0 saturated heterocycles.